The van der Waals surface area contributed by atoms with E-state index in [-0.39, 0.29) is 0 Å². The number of nitrogens with zero attached hydrogens (tertiary/aromatic N) is 1. The Morgan fingerprint density at radius 3 is 2.21 bits per heavy atom. The van der Waals surface area contributed by atoms with Gasteiger partial charge in [-0.05, 0) is 62.9 Å². The smallest absolute Gasteiger partial charge is 0.198 e. The van der Waals surface area contributed by atoms with E-state index < -0.39 is 6.85 Å². The zero-order valence-corrected chi connectivity index (χ0v) is 12.7. The molecule has 0 atom stereocenters. The van der Waals surface area contributed by atoms with E-state index in [1.165, 1.54) is 16.7 Å². The van der Waals surface area contributed by atoms with Gasteiger partial charge in [-0.1, -0.05) is 6.07 Å². The molecule has 1 nitrogen and oxygen atoms in total. The quantitative estimate of drug-likeness (QED) is 0.679. The standard InChI is InChI=1S/C18H24N/c1-11-8-9-17(15(5)13(11)3)18-10-12(2)14(4)16(6)19(18)7/h8-10H,1-7H3/q+1/i4D3. The molecule has 0 aliphatic heterocycles. The summed E-state index contributed by atoms with van der Waals surface area (Å²) in [5.41, 5.74) is 8.11. The molecule has 0 saturated heterocycles. The van der Waals surface area contributed by atoms with E-state index in [1.54, 1.807) is 0 Å². The Morgan fingerprint density at radius 1 is 0.895 bits per heavy atom. The molecule has 2 aromatic rings. The Balaban J connectivity index is 2.77. The van der Waals surface area contributed by atoms with Crippen molar-refractivity contribution in [3.05, 3.63) is 51.7 Å². The fourth-order valence-corrected chi connectivity index (χ4v) is 2.50. The fraction of sp³-hybridized carbons (Fsp3) is 0.389. The summed E-state index contributed by atoms with van der Waals surface area (Å²) in [4.78, 5) is 0. The van der Waals surface area contributed by atoms with Crippen LogP contribution in [0.1, 0.15) is 37.6 Å². The third-order valence-electron chi connectivity index (χ3n) is 4.31. The summed E-state index contributed by atoms with van der Waals surface area (Å²) in [5.74, 6) is 0. The molecule has 1 aromatic carbocycles. The molecule has 100 valence electrons. The Bertz CT molecular complexity index is 743. The van der Waals surface area contributed by atoms with Crippen molar-refractivity contribution in [3.8, 4) is 11.3 Å². The first-order valence-corrected chi connectivity index (χ1v) is 6.63. The van der Waals surface area contributed by atoms with E-state index in [9.17, 15) is 0 Å². The molecule has 1 aromatic heterocycles. The van der Waals surface area contributed by atoms with Gasteiger partial charge < -0.3 is 0 Å². The number of aryl methyl sites for hydroxylation is 2. The molecular formula is C18H24N+. The van der Waals surface area contributed by atoms with E-state index >= 15 is 0 Å². The van der Waals surface area contributed by atoms with Crippen molar-refractivity contribution in [3.63, 3.8) is 0 Å². The maximum atomic E-state index is 7.75. The highest BCUT2D eigenvalue weighted by molar-refractivity contribution is 5.64. The summed E-state index contributed by atoms with van der Waals surface area (Å²) in [6.07, 6.45) is 0. The van der Waals surface area contributed by atoms with Gasteiger partial charge in [0.2, 0.25) is 5.69 Å². The highest BCUT2D eigenvalue weighted by atomic mass is 14.9. The average molecular weight is 257 g/mol. The second-order valence-corrected chi connectivity index (χ2v) is 5.41. The Morgan fingerprint density at radius 2 is 1.58 bits per heavy atom. The van der Waals surface area contributed by atoms with Gasteiger partial charge in [0.1, 0.15) is 7.05 Å². The minimum Gasteiger partial charge on any atom is -0.198 e. The third kappa shape index (κ3) is 2.18. The highest BCUT2D eigenvalue weighted by Crippen LogP contribution is 2.26. The van der Waals surface area contributed by atoms with Crippen molar-refractivity contribution in [2.75, 3.05) is 0 Å². The van der Waals surface area contributed by atoms with Gasteiger partial charge in [0, 0.05) is 28.2 Å². The zero-order chi connectivity index (χ0) is 16.8. The SMILES string of the molecule is [2H]C([2H])([2H])c1c(C)cc(-c2ccc(C)c(C)c2C)[n+](C)c1C. The minimum absolute atomic E-state index is 0.459. The molecule has 0 aliphatic rings. The molecule has 1 heteroatoms. The molecule has 0 radical (unpaired) electrons. The van der Waals surface area contributed by atoms with Gasteiger partial charge in [-0.3, -0.25) is 0 Å². The van der Waals surface area contributed by atoms with Crippen molar-refractivity contribution < 1.29 is 8.68 Å². The molecule has 0 amide bonds. The minimum atomic E-state index is -2.08. The highest BCUT2D eigenvalue weighted by Gasteiger charge is 2.18. The first-order valence-electron chi connectivity index (χ1n) is 8.13. The van der Waals surface area contributed by atoms with Gasteiger partial charge in [-0.15, -0.1) is 0 Å². The second kappa shape index (κ2) is 4.80. The van der Waals surface area contributed by atoms with Crippen LogP contribution in [0.25, 0.3) is 11.3 Å². The summed E-state index contributed by atoms with van der Waals surface area (Å²) < 4.78 is 25.2. The monoisotopic (exact) mass is 257 g/mol. The topological polar surface area (TPSA) is 3.88 Å². The lowest BCUT2D eigenvalue weighted by Gasteiger charge is -2.12. The van der Waals surface area contributed by atoms with Crippen molar-refractivity contribution in [1.29, 1.82) is 0 Å². The predicted molar refractivity (Wildman–Crippen MR) is 81.5 cm³/mol. The first-order chi connectivity index (χ1) is 10.1. The van der Waals surface area contributed by atoms with Crippen molar-refractivity contribution >= 4 is 0 Å². The summed E-state index contributed by atoms with van der Waals surface area (Å²) >= 11 is 0. The van der Waals surface area contributed by atoms with Crippen LogP contribution in [0.15, 0.2) is 18.2 Å². The van der Waals surface area contributed by atoms with Crippen LogP contribution in [0.2, 0.25) is 0 Å². The van der Waals surface area contributed by atoms with E-state index in [0.717, 1.165) is 22.5 Å². The molecule has 0 unspecified atom stereocenters. The lowest BCUT2D eigenvalue weighted by Crippen LogP contribution is -2.36. The van der Waals surface area contributed by atoms with Crippen LogP contribution in [0.4, 0.5) is 0 Å². The normalized spacial score (nSPS) is 13.9. The summed E-state index contributed by atoms with van der Waals surface area (Å²) in [6.45, 7) is 8.05. The molecule has 0 saturated carbocycles. The Labute approximate surface area is 121 Å². The summed E-state index contributed by atoms with van der Waals surface area (Å²) in [5, 5.41) is 0. The van der Waals surface area contributed by atoms with Crippen LogP contribution < -0.4 is 4.57 Å². The number of pyridine rings is 1. The number of hydrogen-bond donors (Lipinski definition) is 0. The molecule has 0 fully saturated rings. The fourth-order valence-electron chi connectivity index (χ4n) is 2.50. The molecule has 1 heterocycles. The molecule has 0 bridgehead atoms. The van der Waals surface area contributed by atoms with Crippen LogP contribution in [-0.2, 0) is 7.05 Å². The number of aromatic nitrogens is 1. The third-order valence-corrected chi connectivity index (χ3v) is 4.31. The van der Waals surface area contributed by atoms with Crippen molar-refractivity contribution in [2.24, 2.45) is 7.05 Å². The largest absolute Gasteiger partial charge is 0.213 e. The van der Waals surface area contributed by atoms with Crippen LogP contribution in [-0.4, -0.2) is 0 Å². The van der Waals surface area contributed by atoms with Gasteiger partial charge in [0.05, 0.1) is 0 Å². The first kappa shape index (κ1) is 10.2. The lowest BCUT2D eigenvalue weighted by molar-refractivity contribution is -0.667. The molecule has 0 aliphatic carbocycles. The van der Waals surface area contributed by atoms with E-state index in [2.05, 4.69) is 32.9 Å². The van der Waals surface area contributed by atoms with Crippen molar-refractivity contribution in [1.82, 2.24) is 0 Å². The number of benzene rings is 1. The van der Waals surface area contributed by atoms with E-state index in [0.29, 0.717) is 5.56 Å². The average Bonchev–Trinajstić information content (AvgIpc) is 2.39. The Hall–Kier alpha value is -1.63. The van der Waals surface area contributed by atoms with Crippen LogP contribution in [0.3, 0.4) is 0 Å². The molecule has 0 spiro atoms. The molecular weight excluding hydrogens is 230 g/mol. The zero-order valence-electron chi connectivity index (χ0n) is 15.7. The molecule has 0 N–H and O–H groups in total. The summed E-state index contributed by atoms with van der Waals surface area (Å²) in [6, 6.07) is 6.24. The molecule has 2 rings (SSSR count). The van der Waals surface area contributed by atoms with E-state index in [1.807, 2.05) is 31.5 Å². The Kier molecular flexibility index (Phi) is 2.58. The maximum Gasteiger partial charge on any atom is 0.213 e. The van der Waals surface area contributed by atoms with Gasteiger partial charge in [-0.2, -0.15) is 4.57 Å². The van der Waals surface area contributed by atoms with Gasteiger partial charge in [-0.25, -0.2) is 0 Å². The van der Waals surface area contributed by atoms with Crippen molar-refractivity contribution in [2.45, 2.75) is 41.5 Å². The lowest BCUT2D eigenvalue weighted by atomic mass is 9.95. The number of rotatable bonds is 1. The maximum absolute atomic E-state index is 7.75. The van der Waals surface area contributed by atoms with Crippen LogP contribution in [0, 0.1) is 41.5 Å². The number of hydrogen-bond acceptors (Lipinski definition) is 0. The summed E-state index contributed by atoms with van der Waals surface area (Å²) in [7, 11) is 1.94. The predicted octanol–water partition coefficient (Wildman–Crippen LogP) is 4.03. The van der Waals surface area contributed by atoms with Gasteiger partial charge >= 0.3 is 0 Å². The van der Waals surface area contributed by atoms with Gasteiger partial charge in [0.25, 0.3) is 0 Å². The van der Waals surface area contributed by atoms with Gasteiger partial charge in [0.15, 0.2) is 5.69 Å². The molecule has 19 heavy (non-hydrogen) atoms. The van der Waals surface area contributed by atoms with Crippen LogP contribution in [0.5, 0.6) is 0 Å². The second-order valence-electron chi connectivity index (χ2n) is 5.41. The van der Waals surface area contributed by atoms with E-state index in [4.69, 9.17) is 4.11 Å². The van der Waals surface area contributed by atoms with Crippen LogP contribution >= 0.6 is 0 Å².